The fraction of sp³-hybridized carbons (Fsp3) is 0.406. The molecule has 51 heavy (non-hydrogen) atoms. The summed E-state index contributed by atoms with van der Waals surface area (Å²) in [6.45, 7) is 10.9. The summed E-state index contributed by atoms with van der Waals surface area (Å²) in [5, 5.41) is 21.3. The summed E-state index contributed by atoms with van der Waals surface area (Å²) in [6, 6.07) is 8.83. The van der Waals surface area contributed by atoms with Crippen molar-refractivity contribution in [3.8, 4) is 11.5 Å². The van der Waals surface area contributed by atoms with Gasteiger partial charge in [0.2, 0.25) is 5.91 Å². The van der Waals surface area contributed by atoms with E-state index in [0.717, 1.165) is 16.8 Å². The van der Waals surface area contributed by atoms with Crippen LogP contribution >= 0.6 is 0 Å². The van der Waals surface area contributed by atoms with Crippen molar-refractivity contribution >= 4 is 46.0 Å². The normalized spacial score (nSPS) is 11.7. The molecule has 1 aromatic heterocycles. The lowest BCUT2D eigenvalue weighted by Gasteiger charge is -2.20. The molecule has 0 bridgehead atoms. The van der Waals surface area contributed by atoms with Crippen LogP contribution in [0.3, 0.4) is 0 Å². The standard InChI is InChI=1S/C28H37N5O4.2C2HF3O2/c1-6-18-17(14-32-28(35)25(29)16(4)5)10-9-11-21(18)33-26-19-12-23(36-7-2)24(37-8-3)13-22(19)31-15-20(26)27(30)34;2*3-2(4,5)1(6)7/h9-13,15-16,25H,6-8,14,29H2,1-5H3,(H2,30,34)(H,31,33)(H,32,35);2*(H,6,7)/t25-;;/m1../s1. The Morgan fingerprint density at radius 3 is 1.84 bits per heavy atom. The third-order valence-corrected chi connectivity index (χ3v) is 6.64. The van der Waals surface area contributed by atoms with E-state index < -0.39 is 36.2 Å². The number of hydrogen-bond donors (Lipinski definition) is 6. The number of aromatic nitrogens is 1. The molecule has 3 aromatic rings. The number of carbonyl (C=O) groups excluding carboxylic acids is 2. The molecular formula is C32H39F6N5O8. The fourth-order valence-electron chi connectivity index (χ4n) is 4.13. The smallest absolute Gasteiger partial charge is 0.490 e. The second-order valence-corrected chi connectivity index (χ2v) is 10.6. The van der Waals surface area contributed by atoms with Crippen LogP contribution in [0.4, 0.5) is 37.7 Å². The predicted molar refractivity (Wildman–Crippen MR) is 174 cm³/mol. The van der Waals surface area contributed by atoms with Gasteiger partial charge < -0.3 is 41.8 Å². The SMILES string of the molecule is CCOc1cc2ncc(C(N)=O)c(Nc3cccc(CNC(=O)[C@H](N)C(C)C)c3CC)c2cc1OCC.O=C(O)C(F)(F)F.O=C(O)C(F)(F)F. The van der Waals surface area contributed by atoms with E-state index in [2.05, 4.69) is 15.6 Å². The number of alkyl halides is 6. The number of benzene rings is 2. The maximum absolute atomic E-state index is 12.4. The first-order valence-corrected chi connectivity index (χ1v) is 15.1. The highest BCUT2D eigenvalue weighted by Crippen LogP contribution is 2.38. The number of amides is 2. The Balaban J connectivity index is 0.000000780. The number of anilines is 2. The third-order valence-electron chi connectivity index (χ3n) is 6.64. The van der Waals surface area contributed by atoms with Crippen molar-refractivity contribution in [3.05, 3.63) is 53.2 Å². The quantitative estimate of drug-likeness (QED) is 0.131. The number of hydrogen-bond acceptors (Lipinski definition) is 9. The molecule has 0 aliphatic rings. The molecule has 13 nitrogen and oxygen atoms in total. The summed E-state index contributed by atoms with van der Waals surface area (Å²) in [4.78, 5) is 47.1. The molecule has 0 aliphatic carbocycles. The summed E-state index contributed by atoms with van der Waals surface area (Å²) in [7, 11) is 0. The molecule has 0 spiro atoms. The molecule has 2 aromatic carbocycles. The van der Waals surface area contributed by atoms with Gasteiger partial charge in [0.1, 0.15) is 0 Å². The molecular weight excluding hydrogens is 696 g/mol. The first kappa shape index (κ1) is 43.7. The number of halogens is 6. The molecule has 0 radical (unpaired) electrons. The van der Waals surface area contributed by atoms with Crippen LogP contribution in [-0.4, -0.2) is 70.6 Å². The van der Waals surface area contributed by atoms with Gasteiger partial charge >= 0.3 is 24.3 Å². The zero-order valence-corrected chi connectivity index (χ0v) is 28.2. The minimum absolute atomic E-state index is 0.0376. The van der Waals surface area contributed by atoms with Gasteiger partial charge in [-0.1, -0.05) is 32.9 Å². The van der Waals surface area contributed by atoms with Gasteiger partial charge in [0.15, 0.2) is 11.5 Å². The monoisotopic (exact) mass is 735 g/mol. The zero-order valence-electron chi connectivity index (χ0n) is 28.2. The molecule has 0 aliphatic heterocycles. The van der Waals surface area contributed by atoms with Crippen molar-refractivity contribution in [2.24, 2.45) is 17.4 Å². The molecule has 3 rings (SSSR count). The number of rotatable bonds is 12. The number of carbonyl (C=O) groups is 4. The van der Waals surface area contributed by atoms with E-state index in [9.17, 15) is 35.9 Å². The van der Waals surface area contributed by atoms with E-state index in [1.54, 1.807) is 6.07 Å². The molecule has 282 valence electrons. The molecule has 0 fully saturated rings. The molecule has 1 atom stereocenters. The third kappa shape index (κ3) is 13.1. The molecule has 1 heterocycles. The molecule has 8 N–H and O–H groups in total. The van der Waals surface area contributed by atoms with Crippen molar-refractivity contribution in [2.45, 2.75) is 66.0 Å². The number of fused-ring (bicyclic) bond motifs is 1. The topological polar surface area (TPSA) is 216 Å². The van der Waals surface area contributed by atoms with Gasteiger partial charge in [-0.15, -0.1) is 0 Å². The number of pyridine rings is 1. The van der Waals surface area contributed by atoms with Crippen molar-refractivity contribution in [3.63, 3.8) is 0 Å². The van der Waals surface area contributed by atoms with Gasteiger partial charge in [-0.25, -0.2) is 9.59 Å². The Hall–Kier alpha value is -5.33. The van der Waals surface area contributed by atoms with Crippen molar-refractivity contribution in [2.75, 3.05) is 18.5 Å². The largest absolute Gasteiger partial charge is 0.490 e. The summed E-state index contributed by atoms with van der Waals surface area (Å²) in [5.74, 6) is -5.14. The Kier molecular flexibility index (Phi) is 16.4. The molecule has 0 saturated carbocycles. The van der Waals surface area contributed by atoms with Gasteiger partial charge in [0.05, 0.1) is 36.0 Å². The number of nitrogens with two attached hydrogens (primary N) is 2. The Morgan fingerprint density at radius 2 is 1.41 bits per heavy atom. The zero-order chi connectivity index (χ0) is 39.3. The van der Waals surface area contributed by atoms with Gasteiger partial charge in [-0.2, -0.15) is 26.3 Å². The Morgan fingerprint density at radius 1 is 0.902 bits per heavy atom. The van der Waals surface area contributed by atoms with Gasteiger partial charge in [0, 0.05) is 29.9 Å². The summed E-state index contributed by atoms with van der Waals surface area (Å²) in [6.07, 6.45) is -8.01. The summed E-state index contributed by atoms with van der Waals surface area (Å²) in [5.41, 5.74) is 15.9. The van der Waals surface area contributed by atoms with Gasteiger partial charge in [0.25, 0.3) is 5.91 Å². The van der Waals surface area contributed by atoms with Crippen LogP contribution in [0.15, 0.2) is 36.5 Å². The second-order valence-electron chi connectivity index (χ2n) is 10.6. The second kappa shape index (κ2) is 19.2. The van der Waals surface area contributed by atoms with Crippen LogP contribution in [0.25, 0.3) is 10.9 Å². The minimum atomic E-state index is -5.08. The average Bonchev–Trinajstić information content (AvgIpc) is 3.03. The average molecular weight is 736 g/mol. The first-order valence-electron chi connectivity index (χ1n) is 15.1. The van der Waals surface area contributed by atoms with Gasteiger partial charge in [-0.3, -0.25) is 14.6 Å². The van der Waals surface area contributed by atoms with E-state index in [1.807, 2.05) is 58.9 Å². The predicted octanol–water partition coefficient (Wildman–Crippen LogP) is 5.30. The molecule has 0 unspecified atom stereocenters. The number of nitrogens with one attached hydrogen (secondary N) is 2. The van der Waals surface area contributed by atoms with E-state index in [4.69, 9.17) is 40.7 Å². The number of nitrogens with zero attached hydrogens (tertiary/aromatic N) is 1. The van der Waals surface area contributed by atoms with Crippen LogP contribution in [0, 0.1) is 5.92 Å². The summed E-state index contributed by atoms with van der Waals surface area (Å²) >= 11 is 0. The van der Waals surface area contributed by atoms with Crippen LogP contribution in [-0.2, 0) is 27.3 Å². The lowest BCUT2D eigenvalue weighted by molar-refractivity contribution is -0.193. The maximum Gasteiger partial charge on any atom is 0.490 e. The number of primary amides is 1. The van der Waals surface area contributed by atoms with Crippen LogP contribution < -0.4 is 31.6 Å². The molecule has 19 heteroatoms. The van der Waals surface area contributed by atoms with Gasteiger partial charge in [-0.05, 0) is 49.4 Å². The Labute approximate surface area is 288 Å². The molecule has 2 amide bonds. The maximum atomic E-state index is 12.4. The van der Waals surface area contributed by atoms with Crippen molar-refractivity contribution in [1.29, 1.82) is 0 Å². The number of carboxylic acid groups (broad SMARTS) is 2. The van der Waals surface area contributed by atoms with E-state index >= 15 is 0 Å². The van der Waals surface area contributed by atoms with E-state index in [1.165, 1.54) is 6.20 Å². The lowest BCUT2D eigenvalue weighted by Crippen LogP contribution is -2.43. The van der Waals surface area contributed by atoms with E-state index in [0.29, 0.717) is 54.3 Å². The highest BCUT2D eigenvalue weighted by molar-refractivity contribution is 6.08. The van der Waals surface area contributed by atoms with Crippen molar-refractivity contribution < 1.29 is 65.2 Å². The number of ether oxygens (including phenoxy) is 2. The first-order chi connectivity index (χ1) is 23.6. The van der Waals surface area contributed by atoms with Crippen LogP contribution in [0.5, 0.6) is 11.5 Å². The number of carboxylic acids is 2. The minimum Gasteiger partial charge on any atom is -0.490 e. The number of aliphatic carboxylic acids is 2. The highest BCUT2D eigenvalue weighted by atomic mass is 19.4. The molecule has 0 saturated heterocycles. The van der Waals surface area contributed by atoms with Crippen molar-refractivity contribution in [1.82, 2.24) is 10.3 Å². The Bertz CT molecular complexity index is 1660. The van der Waals surface area contributed by atoms with Crippen LogP contribution in [0.2, 0.25) is 0 Å². The fourth-order valence-corrected chi connectivity index (χ4v) is 4.13. The van der Waals surface area contributed by atoms with E-state index in [-0.39, 0.29) is 17.4 Å². The lowest BCUT2D eigenvalue weighted by atomic mass is 10.0. The highest BCUT2D eigenvalue weighted by Gasteiger charge is 2.39. The summed E-state index contributed by atoms with van der Waals surface area (Å²) < 4.78 is 75.0. The van der Waals surface area contributed by atoms with Crippen LogP contribution in [0.1, 0.15) is 56.1 Å².